The maximum Gasteiger partial charge on any atom is 0.341 e. The van der Waals surface area contributed by atoms with Crippen LogP contribution in [0.3, 0.4) is 0 Å². The van der Waals surface area contributed by atoms with E-state index in [9.17, 15) is 18.4 Å². The predicted molar refractivity (Wildman–Crippen MR) is 116 cm³/mol. The van der Waals surface area contributed by atoms with Gasteiger partial charge in [0.25, 0.3) is 5.56 Å². The van der Waals surface area contributed by atoms with Crippen molar-refractivity contribution in [2.75, 3.05) is 6.61 Å². The first kappa shape index (κ1) is 21.9. The lowest BCUT2D eigenvalue weighted by molar-refractivity contribution is 0.0525. The van der Waals surface area contributed by atoms with E-state index in [1.807, 2.05) is 0 Å². The summed E-state index contributed by atoms with van der Waals surface area (Å²) in [7, 11) is 0. The maximum absolute atomic E-state index is 13.6. The van der Waals surface area contributed by atoms with Gasteiger partial charge >= 0.3 is 5.97 Å². The summed E-state index contributed by atoms with van der Waals surface area (Å²) in [5, 5.41) is 4.26. The molecule has 0 saturated carbocycles. The molecule has 0 N–H and O–H groups in total. The summed E-state index contributed by atoms with van der Waals surface area (Å²) >= 11 is 0. The average Bonchev–Trinajstić information content (AvgIpc) is 2.80. The Balaban J connectivity index is 1.60. The standard InChI is InChI=1S/C24H18F2N4O3/c1-2-33-24(32)18-12-27-23(28-13-18)16-5-3-4-15(8-16)14-30-22(31)7-6-21(29-30)17-9-19(25)11-20(26)10-17/h3-13H,2,14H2,1H3. The number of halogens is 2. The van der Waals surface area contributed by atoms with Gasteiger partial charge in [0, 0.05) is 35.7 Å². The second kappa shape index (κ2) is 9.47. The van der Waals surface area contributed by atoms with E-state index >= 15 is 0 Å². The fraction of sp³-hybridized carbons (Fsp3) is 0.125. The molecular formula is C24H18F2N4O3. The number of hydrogen-bond acceptors (Lipinski definition) is 6. The van der Waals surface area contributed by atoms with Crippen LogP contribution in [0, 0.1) is 11.6 Å². The molecule has 0 spiro atoms. The van der Waals surface area contributed by atoms with E-state index in [1.165, 1.54) is 29.2 Å². The average molecular weight is 448 g/mol. The van der Waals surface area contributed by atoms with E-state index in [-0.39, 0.29) is 35.5 Å². The highest BCUT2D eigenvalue weighted by atomic mass is 19.1. The van der Waals surface area contributed by atoms with Gasteiger partial charge in [0.2, 0.25) is 0 Å². The zero-order chi connectivity index (χ0) is 23.4. The van der Waals surface area contributed by atoms with Gasteiger partial charge in [0.1, 0.15) is 11.6 Å². The third-order valence-corrected chi connectivity index (χ3v) is 4.71. The lowest BCUT2D eigenvalue weighted by atomic mass is 10.1. The summed E-state index contributed by atoms with van der Waals surface area (Å²) in [4.78, 5) is 32.5. The topological polar surface area (TPSA) is 87.0 Å². The molecule has 2 aromatic carbocycles. The summed E-state index contributed by atoms with van der Waals surface area (Å²) in [6.45, 7) is 2.09. The van der Waals surface area contributed by atoms with E-state index in [2.05, 4.69) is 15.1 Å². The van der Waals surface area contributed by atoms with Gasteiger partial charge in [-0.1, -0.05) is 18.2 Å². The van der Waals surface area contributed by atoms with Crippen molar-refractivity contribution in [3.8, 4) is 22.6 Å². The number of ether oxygens (including phenoxy) is 1. The fourth-order valence-corrected chi connectivity index (χ4v) is 3.20. The third kappa shape index (κ3) is 5.15. The second-order valence-electron chi connectivity index (χ2n) is 7.09. The molecule has 4 rings (SSSR count). The lowest BCUT2D eigenvalue weighted by Gasteiger charge is -2.09. The summed E-state index contributed by atoms with van der Waals surface area (Å²) in [6, 6.07) is 13.0. The first-order valence-electron chi connectivity index (χ1n) is 10.1. The molecule has 33 heavy (non-hydrogen) atoms. The number of nitrogens with zero attached hydrogens (tertiary/aromatic N) is 4. The summed E-state index contributed by atoms with van der Waals surface area (Å²) in [6.07, 6.45) is 2.78. The molecule has 0 unspecified atom stereocenters. The van der Waals surface area contributed by atoms with Crippen molar-refractivity contribution in [2.45, 2.75) is 13.5 Å². The Labute approximate surface area is 187 Å². The van der Waals surface area contributed by atoms with Crippen LogP contribution in [-0.4, -0.2) is 32.3 Å². The van der Waals surface area contributed by atoms with Crippen LogP contribution in [0.4, 0.5) is 8.78 Å². The van der Waals surface area contributed by atoms with E-state index in [0.29, 0.717) is 11.4 Å². The van der Waals surface area contributed by atoms with Crippen LogP contribution < -0.4 is 5.56 Å². The maximum atomic E-state index is 13.6. The van der Waals surface area contributed by atoms with E-state index in [1.54, 1.807) is 31.2 Å². The summed E-state index contributed by atoms with van der Waals surface area (Å²) < 4.78 is 33.3. The van der Waals surface area contributed by atoms with Crippen LogP contribution in [0.15, 0.2) is 71.8 Å². The second-order valence-corrected chi connectivity index (χ2v) is 7.09. The van der Waals surface area contributed by atoms with E-state index in [0.717, 1.165) is 23.8 Å². The minimum atomic E-state index is -0.730. The molecule has 7 nitrogen and oxygen atoms in total. The Bertz CT molecular complexity index is 1350. The zero-order valence-corrected chi connectivity index (χ0v) is 17.5. The van der Waals surface area contributed by atoms with Gasteiger partial charge in [-0.15, -0.1) is 0 Å². The number of benzene rings is 2. The van der Waals surface area contributed by atoms with Crippen LogP contribution in [-0.2, 0) is 11.3 Å². The number of carbonyl (C=O) groups is 1. The van der Waals surface area contributed by atoms with Gasteiger partial charge in [-0.05, 0) is 36.8 Å². The molecule has 0 fully saturated rings. The Morgan fingerprint density at radius 3 is 2.39 bits per heavy atom. The normalized spacial score (nSPS) is 10.8. The monoisotopic (exact) mass is 448 g/mol. The fourth-order valence-electron chi connectivity index (χ4n) is 3.20. The highest BCUT2D eigenvalue weighted by molar-refractivity contribution is 5.88. The molecule has 0 atom stereocenters. The summed E-state index contributed by atoms with van der Waals surface area (Å²) in [5.74, 6) is -1.56. The first-order valence-corrected chi connectivity index (χ1v) is 10.1. The minimum Gasteiger partial charge on any atom is -0.462 e. The number of esters is 1. The first-order chi connectivity index (χ1) is 15.9. The van der Waals surface area contributed by atoms with Crippen LogP contribution >= 0.6 is 0 Å². The van der Waals surface area contributed by atoms with Crippen LogP contribution in [0.1, 0.15) is 22.8 Å². The molecule has 0 amide bonds. The highest BCUT2D eigenvalue weighted by Gasteiger charge is 2.11. The molecule has 166 valence electrons. The van der Waals surface area contributed by atoms with Crippen molar-refractivity contribution in [1.29, 1.82) is 0 Å². The number of rotatable bonds is 6. The molecule has 0 bridgehead atoms. The van der Waals surface area contributed by atoms with Gasteiger partial charge in [-0.3, -0.25) is 4.79 Å². The van der Waals surface area contributed by atoms with Crippen molar-refractivity contribution in [1.82, 2.24) is 19.7 Å². The molecule has 4 aromatic rings. The van der Waals surface area contributed by atoms with Gasteiger partial charge in [0.05, 0.1) is 24.4 Å². The van der Waals surface area contributed by atoms with E-state index < -0.39 is 17.6 Å². The number of carbonyl (C=O) groups excluding carboxylic acids is 1. The summed E-state index contributed by atoms with van der Waals surface area (Å²) in [5.41, 5.74) is 1.79. The van der Waals surface area contributed by atoms with Crippen LogP contribution in [0.25, 0.3) is 22.6 Å². The zero-order valence-electron chi connectivity index (χ0n) is 17.5. The largest absolute Gasteiger partial charge is 0.462 e. The molecule has 0 aliphatic rings. The van der Waals surface area contributed by atoms with E-state index in [4.69, 9.17) is 4.74 Å². The van der Waals surface area contributed by atoms with Crippen molar-refractivity contribution < 1.29 is 18.3 Å². The molecule has 0 radical (unpaired) electrons. The molecular weight excluding hydrogens is 430 g/mol. The van der Waals surface area contributed by atoms with Gasteiger partial charge in [-0.25, -0.2) is 28.2 Å². The van der Waals surface area contributed by atoms with Crippen LogP contribution in [0.5, 0.6) is 0 Å². The lowest BCUT2D eigenvalue weighted by Crippen LogP contribution is -2.22. The Morgan fingerprint density at radius 1 is 0.970 bits per heavy atom. The molecule has 0 aliphatic carbocycles. The Morgan fingerprint density at radius 2 is 1.70 bits per heavy atom. The number of hydrogen-bond donors (Lipinski definition) is 0. The molecule has 0 saturated heterocycles. The van der Waals surface area contributed by atoms with Crippen molar-refractivity contribution in [3.05, 3.63) is 100 Å². The Kier molecular flexibility index (Phi) is 6.30. The van der Waals surface area contributed by atoms with Gasteiger partial charge < -0.3 is 4.74 Å². The molecule has 9 heteroatoms. The van der Waals surface area contributed by atoms with Gasteiger partial charge in [0.15, 0.2) is 5.82 Å². The molecule has 0 aliphatic heterocycles. The minimum absolute atomic E-state index is 0.124. The Hall–Kier alpha value is -4.27. The third-order valence-electron chi connectivity index (χ3n) is 4.71. The SMILES string of the molecule is CCOC(=O)c1cnc(-c2cccc(Cn3nc(-c4cc(F)cc(F)c4)ccc3=O)c2)nc1. The van der Waals surface area contributed by atoms with Crippen molar-refractivity contribution in [3.63, 3.8) is 0 Å². The smallest absolute Gasteiger partial charge is 0.341 e. The quantitative estimate of drug-likeness (QED) is 0.416. The highest BCUT2D eigenvalue weighted by Crippen LogP contribution is 2.20. The molecule has 2 aromatic heterocycles. The molecule has 2 heterocycles. The van der Waals surface area contributed by atoms with Crippen LogP contribution in [0.2, 0.25) is 0 Å². The number of aromatic nitrogens is 4. The van der Waals surface area contributed by atoms with Gasteiger partial charge in [-0.2, -0.15) is 5.10 Å². The van der Waals surface area contributed by atoms with Crippen molar-refractivity contribution in [2.24, 2.45) is 0 Å². The van der Waals surface area contributed by atoms with Crippen molar-refractivity contribution >= 4 is 5.97 Å². The predicted octanol–water partition coefficient (Wildman–Crippen LogP) is 3.87.